The second-order valence-electron chi connectivity index (χ2n) is 7.54. The van der Waals surface area contributed by atoms with Crippen molar-refractivity contribution in [2.75, 3.05) is 19.8 Å². The Morgan fingerprint density at radius 1 is 1.09 bits per heavy atom. The lowest BCUT2D eigenvalue weighted by Crippen LogP contribution is -2.34. The van der Waals surface area contributed by atoms with Gasteiger partial charge in [0, 0.05) is 16.2 Å². The van der Waals surface area contributed by atoms with Crippen molar-refractivity contribution >= 4 is 47.8 Å². The minimum Gasteiger partial charge on any atom is -0.464 e. The van der Waals surface area contributed by atoms with E-state index in [2.05, 4.69) is 11.1 Å². The number of allylic oxidation sites excluding steroid dienone is 1. The smallest absolute Gasteiger partial charge is 0.360 e. The molecule has 8 nitrogen and oxygen atoms in total. The van der Waals surface area contributed by atoms with E-state index in [0.29, 0.717) is 44.4 Å². The summed E-state index contributed by atoms with van der Waals surface area (Å²) in [6.45, 7) is 5.29. The number of hydrogen-bond donors (Lipinski definition) is 0. The van der Waals surface area contributed by atoms with Crippen LogP contribution in [0.1, 0.15) is 37.5 Å². The molecule has 2 aromatic rings. The Labute approximate surface area is 208 Å². The molecule has 10 heteroatoms. The first-order valence-corrected chi connectivity index (χ1v) is 13.1. The summed E-state index contributed by atoms with van der Waals surface area (Å²) in [5.41, 5.74) is 3.32. The molecule has 0 bridgehead atoms. The molecule has 2 aliphatic rings. The highest BCUT2D eigenvalue weighted by molar-refractivity contribution is 7.59. The van der Waals surface area contributed by atoms with Crippen molar-refractivity contribution in [2.24, 2.45) is 9.98 Å². The van der Waals surface area contributed by atoms with Gasteiger partial charge >= 0.3 is 13.6 Å². The molecule has 0 N–H and O–H groups in total. The van der Waals surface area contributed by atoms with Gasteiger partial charge in [0.2, 0.25) is 0 Å². The Kier molecular flexibility index (Phi) is 7.34. The summed E-state index contributed by atoms with van der Waals surface area (Å²) in [6.07, 6.45) is 0. The van der Waals surface area contributed by atoms with E-state index in [1.54, 1.807) is 63.2 Å². The van der Waals surface area contributed by atoms with E-state index in [1.807, 2.05) is 0 Å². The number of carbonyl (C=O) groups excluding carboxylic acids is 1. The quantitative estimate of drug-likeness (QED) is 0.331. The number of halogens is 1. The van der Waals surface area contributed by atoms with Gasteiger partial charge in [0.15, 0.2) is 6.04 Å². The second-order valence-corrected chi connectivity index (χ2v) is 9.97. The molecule has 180 valence electrons. The summed E-state index contributed by atoms with van der Waals surface area (Å²) in [6, 6.07) is 12.7. The summed E-state index contributed by atoms with van der Waals surface area (Å²) in [4.78, 5) is 22.6. The van der Waals surface area contributed by atoms with Crippen molar-refractivity contribution in [3.63, 3.8) is 0 Å². The van der Waals surface area contributed by atoms with Gasteiger partial charge in [-0.1, -0.05) is 23.7 Å². The van der Waals surface area contributed by atoms with E-state index < -0.39 is 19.6 Å². The number of dihydropyridines is 1. The Balaban J connectivity index is 2.09. The fourth-order valence-electron chi connectivity index (χ4n) is 4.07. The average Bonchev–Trinajstić information content (AvgIpc) is 3.20. The fraction of sp³-hybridized carbons (Fsp3) is 0.280. The predicted octanol–water partition coefficient (Wildman–Crippen LogP) is 5.71. The fourth-order valence-corrected chi connectivity index (χ4v) is 6.24. The Bertz CT molecular complexity index is 1370. The van der Waals surface area contributed by atoms with Crippen LogP contribution in [0.15, 0.2) is 57.8 Å². The van der Waals surface area contributed by atoms with Gasteiger partial charge in [0.1, 0.15) is 0 Å². The number of esters is 1. The summed E-state index contributed by atoms with van der Waals surface area (Å²) >= 11 is 6.25. The van der Waals surface area contributed by atoms with E-state index in [4.69, 9.17) is 30.4 Å². The number of fused-ring (bicyclic) bond motifs is 3. The zero-order chi connectivity index (χ0) is 25.2. The van der Waals surface area contributed by atoms with E-state index in [-0.39, 0.29) is 25.1 Å². The summed E-state index contributed by atoms with van der Waals surface area (Å²) in [7, 11) is -4.05. The number of rotatable bonds is 8. The van der Waals surface area contributed by atoms with Crippen LogP contribution in [0.25, 0.3) is 5.57 Å². The van der Waals surface area contributed by atoms with Crippen LogP contribution in [0.4, 0.5) is 5.69 Å². The van der Waals surface area contributed by atoms with Crippen LogP contribution in [-0.4, -0.2) is 43.3 Å². The molecule has 35 heavy (non-hydrogen) atoms. The highest BCUT2D eigenvalue weighted by atomic mass is 35.5. The topological polar surface area (TPSA) is 110 Å². The normalized spacial score (nSPS) is 16.7. The molecule has 2 aromatic carbocycles. The van der Waals surface area contributed by atoms with E-state index in [1.165, 1.54) is 0 Å². The van der Waals surface area contributed by atoms with E-state index >= 15 is 0 Å². The molecular weight excluding hydrogens is 489 g/mol. The molecule has 1 unspecified atom stereocenters. The third-order valence-corrected chi connectivity index (χ3v) is 7.85. The monoisotopic (exact) mass is 511 g/mol. The minimum atomic E-state index is -4.05. The second kappa shape index (κ2) is 10.3. The van der Waals surface area contributed by atoms with Gasteiger partial charge in [-0.05, 0) is 56.7 Å². The predicted molar refractivity (Wildman–Crippen MR) is 134 cm³/mol. The zero-order valence-electron chi connectivity index (χ0n) is 19.4. The van der Waals surface area contributed by atoms with Gasteiger partial charge in [-0.2, -0.15) is 5.26 Å². The van der Waals surface area contributed by atoms with Gasteiger partial charge in [-0.25, -0.2) is 9.79 Å². The summed E-state index contributed by atoms with van der Waals surface area (Å²) < 4.78 is 30.9. The lowest BCUT2D eigenvalue weighted by Gasteiger charge is -2.30. The molecule has 0 saturated carbocycles. The lowest BCUT2D eigenvalue weighted by molar-refractivity contribution is -0.143. The van der Waals surface area contributed by atoms with Crippen molar-refractivity contribution in [2.45, 2.75) is 26.8 Å². The maximum absolute atomic E-state index is 14.2. The largest absolute Gasteiger partial charge is 0.464 e. The molecular formula is C25H23ClN3O5P. The minimum absolute atomic E-state index is 0.0381. The first-order chi connectivity index (χ1) is 16.9. The maximum Gasteiger partial charge on any atom is 0.360 e. The first kappa shape index (κ1) is 25.0. The van der Waals surface area contributed by atoms with Crippen molar-refractivity contribution in [1.82, 2.24) is 0 Å². The van der Waals surface area contributed by atoms with Crippen LogP contribution in [-0.2, 0) is 23.1 Å². The molecule has 0 radical (unpaired) electrons. The molecule has 0 aromatic heterocycles. The van der Waals surface area contributed by atoms with Crippen molar-refractivity contribution < 1.29 is 23.1 Å². The van der Waals surface area contributed by atoms with Crippen molar-refractivity contribution in [3.05, 3.63) is 69.5 Å². The number of hydrogen-bond acceptors (Lipinski definition) is 8. The van der Waals surface area contributed by atoms with E-state index in [0.717, 1.165) is 0 Å². The van der Waals surface area contributed by atoms with Crippen LogP contribution >= 0.6 is 19.2 Å². The van der Waals surface area contributed by atoms with E-state index in [9.17, 15) is 14.6 Å². The number of nitrogens with zero attached hydrogens (tertiary/aromatic N) is 3. The summed E-state index contributed by atoms with van der Waals surface area (Å²) in [5, 5.41) is 10.0. The van der Waals surface area contributed by atoms with Crippen LogP contribution in [0.2, 0.25) is 5.02 Å². The number of aliphatic imine (C=N–C) groups is 2. The van der Waals surface area contributed by atoms with Crippen LogP contribution in [0, 0.1) is 11.3 Å². The Hall–Kier alpha value is -3.08. The van der Waals surface area contributed by atoms with Crippen LogP contribution in [0.5, 0.6) is 0 Å². The highest BCUT2D eigenvalue weighted by Crippen LogP contribution is 2.62. The Morgan fingerprint density at radius 3 is 2.49 bits per heavy atom. The molecule has 0 spiro atoms. The van der Waals surface area contributed by atoms with Gasteiger partial charge in [-0.3, -0.25) is 9.56 Å². The molecule has 1 atom stereocenters. The average molecular weight is 512 g/mol. The Morgan fingerprint density at radius 2 is 1.83 bits per heavy atom. The van der Waals surface area contributed by atoms with Crippen molar-refractivity contribution in [3.8, 4) is 6.07 Å². The SMILES string of the molecule is CCOC(=O)C1N=C2C(=Nc3ccc(Cl)cc32)C(c2cccc(C#N)c2)=C1P(=O)(OCC)OCC. The maximum atomic E-state index is 14.2. The molecule has 4 rings (SSSR count). The van der Waals surface area contributed by atoms with Gasteiger partial charge < -0.3 is 13.8 Å². The third-order valence-electron chi connectivity index (χ3n) is 5.36. The molecule has 2 aliphatic heterocycles. The van der Waals surface area contributed by atoms with Gasteiger partial charge in [0.05, 0.1) is 53.9 Å². The standard InChI is InChI=1S/C25H23ClN3O5P/c1-4-32-25(30)23-24(35(31,33-5-2)34-6-3)20(16-9-7-8-15(12-16)14-27)22-21(29-23)18-13-17(26)10-11-19(18)28-22/h7-13,23H,4-6H2,1-3H3. The first-order valence-electron chi connectivity index (χ1n) is 11.1. The zero-order valence-corrected chi connectivity index (χ0v) is 21.1. The van der Waals surface area contributed by atoms with Gasteiger partial charge in [-0.15, -0.1) is 0 Å². The van der Waals surface area contributed by atoms with Gasteiger partial charge in [0.25, 0.3) is 0 Å². The number of carbonyl (C=O) groups is 1. The van der Waals surface area contributed by atoms with Crippen LogP contribution < -0.4 is 0 Å². The van der Waals surface area contributed by atoms with Crippen molar-refractivity contribution in [1.29, 1.82) is 5.26 Å². The van der Waals surface area contributed by atoms with Crippen LogP contribution in [0.3, 0.4) is 0 Å². The molecule has 0 fully saturated rings. The highest BCUT2D eigenvalue weighted by Gasteiger charge is 2.48. The molecule has 0 saturated heterocycles. The number of nitriles is 1. The molecule has 0 amide bonds. The molecule has 2 heterocycles. The summed E-state index contributed by atoms with van der Waals surface area (Å²) in [5.74, 6) is -0.696. The lowest BCUT2D eigenvalue weighted by atomic mass is 9.90. The number of ether oxygens (including phenoxy) is 1. The molecule has 0 aliphatic carbocycles. The number of benzene rings is 2. The third kappa shape index (κ3) is 4.61.